The third-order valence-electron chi connectivity index (χ3n) is 3.77. The molecule has 0 aromatic heterocycles. The summed E-state index contributed by atoms with van der Waals surface area (Å²) in [5.74, 6) is -1.52. The number of carboxylic acids is 1. The molecule has 3 unspecified atom stereocenters. The number of carboxylic acid groups (broad SMARTS) is 1. The number of aliphatic carboxylic acids is 1. The van der Waals surface area contributed by atoms with Crippen molar-refractivity contribution in [2.24, 2.45) is 0 Å². The Morgan fingerprint density at radius 1 is 1.12 bits per heavy atom. The lowest BCUT2D eigenvalue weighted by atomic mass is 10.1. The minimum absolute atomic E-state index is 0.338. The Bertz CT molecular complexity index is 535. The highest BCUT2D eigenvalue weighted by atomic mass is 16.6. The smallest absolute Gasteiger partial charge is 0.408 e. The average molecular weight is 372 g/mol. The topological polar surface area (TPSA) is 105 Å². The summed E-state index contributed by atoms with van der Waals surface area (Å²) in [5, 5.41) is 11.9. The average Bonchev–Trinajstić information content (AvgIpc) is 2.89. The van der Waals surface area contributed by atoms with Crippen LogP contribution in [-0.2, 0) is 19.1 Å². The van der Waals surface area contributed by atoms with E-state index in [1.807, 2.05) is 20.8 Å². The summed E-state index contributed by atoms with van der Waals surface area (Å²) in [6.07, 6.45) is -0.401. The Labute approximate surface area is 155 Å². The molecule has 0 aromatic rings. The molecule has 2 amide bonds. The third kappa shape index (κ3) is 6.82. The fourth-order valence-corrected chi connectivity index (χ4v) is 2.91. The van der Waals surface area contributed by atoms with Gasteiger partial charge in [-0.05, 0) is 61.3 Å². The third-order valence-corrected chi connectivity index (χ3v) is 3.77. The van der Waals surface area contributed by atoms with Crippen LogP contribution < -0.4 is 5.32 Å². The van der Waals surface area contributed by atoms with Gasteiger partial charge in [-0.1, -0.05) is 0 Å². The lowest BCUT2D eigenvalue weighted by molar-refractivity contribution is -0.152. The molecule has 0 spiro atoms. The van der Waals surface area contributed by atoms with Crippen molar-refractivity contribution in [1.29, 1.82) is 0 Å². The Balaban J connectivity index is 3.00. The van der Waals surface area contributed by atoms with Crippen molar-refractivity contribution in [3.63, 3.8) is 0 Å². The number of nitrogens with zero attached hydrogens (tertiary/aromatic N) is 1. The van der Waals surface area contributed by atoms with E-state index < -0.39 is 47.4 Å². The Morgan fingerprint density at radius 2 is 1.69 bits per heavy atom. The van der Waals surface area contributed by atoms with Gasteiger partial charge in [-0.3, -0.25) is 4.79 Å². The zero-order chi connectivity index (χ0) is 20.3. The molecule has 8 heteroatoms. The maximum atomic E-state index is 13.0. The van der Waals surface area contributed by atoms with Gasteiger partial charge in [0.15, 0.2) is 0 Å². The highest BCUT2D eigenvalue weighted by molar-refractivity contribution is 5.90. The van der Waals surface area contributed by atoms with E-state index in [-0.39, 0.29) is 0 Å². The molecule has 3 atom stereocenters. The Hall–Kier alpha value is -1.83. The summed E-state index contributed by atoms with van der Waals surface area (Å²) in [6.45, 7) is 12.7. The minimum Gasteiger partial charge on any atom is -0.480 e. The first kappa shape index (κ1) is 22.2. The number of amides is 2. The quantitative estimate of drug-likeness (QED) is 0.766. The van der Waals surface area contributed by atoms with Gasteiger partial charge in [0.1, 0.15) is 17.7 Å². The fourth-order valence-electron chi connectivity index (χ4n) is 2.91. The zero-order valence-electron chi connectivity index (χ0n) is 16.8. The van der Waals surface area contributed by atoms with Crippen LogP contribution in [0, 0.1) is 0 Å². The second-order valence-electron chi connectivity index (χ2n) is 8.59. The molecule has 8 nitrogen and oxygen atoms in total. The van der Waals surface area contributed by atoms with Crippen molar-refractivity contribution < 1.29 is 29.0 Å². The van der Waals surface area contributed by atoms with Crippen LogP contribution in [0.25, 0.3) is 0 Å². The van der Waals surface area contributed by atoms with Crippen molar-refractivity contribution in [2.45, 2.75) is 90.7 Å². The van der Waals surface area contributed by atoms with E-state index in [0.29, 0.717) is 19.4 Å². The standard InChI is InChI=1S/C18H32N2O6/c1-11(25-17(2,3)4)13(19-16(24)26-18(5,6)7)14(21)20-10-8-9-12(20)15(22)23/h11-13H,8-10H2,1-7H3,(H,19,24)(H,22,23). The maximum absolute atomic E-state index is 13.0. The lowest BCUT2D eigenvalue weighted by Gasteiger charge is -2.34. The summed E-state index contributed by atoms with van der Waals surface area (Å²) in [6, 6.07) is -1.92. The van der Waals surface area contributed by atoms with E-state index in [0.717, 1.165) is 0 Å². The van der Waals surface area contributed by atoms with E-state index in [9.17, 15) is 19.5 Å². The highest BCUT2D eigenvalue weighted by Gasteiger charge is 2.41. The number of carbonyl (C=O) groups is 3. The first-order chi connectivity index (χ1) is 11.7. The number of ether oxygens (including phenoxy) is 2. The van der Waals surface area contributed by atoms with Gasteiger partial charge in [0.2, 0.25) is 5.91 Å². The van der Waals surface area contributed by atoms with Gasteiger partial charge >= 0.3 is 12.1 Å². The molecular weight excluding hydrogens is 340 g/mol. The molecule has 0 bridgehead atoms. The van der Waals surface area contributed by atoms with Crippen LogP contribution >= 0.6 is 0 Å². The number of alkyl carbamates (subject to hydrolysis) is 1. The number of likely N-dealkylation sites (tertiary alicyclic amines) is 1. The molecule has 0 radical (unpaired) electrons. The monoisotopic (exact) mass is 372 g/mol. The van der Waals surface area contributed by atoms with Gasteiger partial charge in [0.05, 0.1) is 11.7 Å². The van der Waals surface area contributed by atoms with Crippen LogP contribution in [0.1, 0.15) is 61.3 Å². The number of nitrogens with one attached hydrogen (secondary N) is 1. The van der Waals surface area contributed by atoms with Crippen molar-refractivity contribution in [2.75, 3.05) is 6.54 Å². The predicted octanol–water partition coefficient (Wildman–Crippen LogP) is 2.16. The summed E-state index contributed by atoms with van der Waals surface area (Å²) in [4.78, 5) is 37.9. The summed E-state index contributed by atoms with van der Waals surface area (Å²) in [7, 11) is 0. The molecule has 0 saturated carbocycles. The van der Waals surface area contributed by atoms with E-state index in [1.165, 1.54) is 4.90 Å². The Kier molecular flexibility index (Phi) is 7.04. The van der Waals surface area contributed by atoms with Crippen molar-refractivity contribution in [3.05, 3.63) is 0 Å². The van der Waals surface area contributed by atoms with Crippen LogP contribution in [0.5, 0.6) is 0 Å². The van der Waals surface area contributed by atoms with E-state index >= 15 is 0 Å². The molecule has 1 saturated heterocycles. The largest absolute Gasteiger partial charge is 0.480 e. The molecular formula is C18H32N2O6. The van der Waals surface area contributed by atoms with Crippen LogP contribution in [0.15, 0.2) is 0 Å². The first-order valence-electron chi connectivity index (χ1n) is 8.92. The normalized spacial score (nSPS) is 20.4. The van der Waals surface area contributed by atoms with E-state index in [4.69, 9.17) is 9.47 Å². The molecule has 0 aliphatic carbocycles. The molecule has 1 rings (SSSR count). The Morgan fingerprint density at radius 3 is 2.15 bits per heavy atom. The van der Waals surface area contributed by atoms with E-state index in [1.54, 1.807) is 27.7 Å². The van der Waals surface area contributed by atoms with Crippen molar-refractivity contribution in [1.82, 2.24) is 10.2 Å². The highest BCUT2D eigenvalue weighted by Crippen LogP contribution is 2.21. The molecule has 1 heterocycles. The maximum Gasteiger partial charge on any atom is 0.408 e. The minimum atomic E-state index is -1.05. The second kappa shape index (κ2) is 8.24. The second-order valence-corrected chi connectivity index (χ2v) is 8.59. The summed E-state index contributed by atoms with van der Waals surface area (Å²) < 4.78 is 11.1. The summed E-state index contributed by atoms with van der Waals surface area (Å²) >= 11 is 0. The van der Waals surface area contributed by atoms with Crippen LogP contribution in [0.2, 0.25) is 0 Å². The fraction of sp³-hybridized carbons (Fsp3) is 0.833. The zero-order valence-corrected chi connectivity index (χ0v) is 16.8. The van der Waals surface area contributed by atoms with Crippen LogP contribution in [-0.4, -0.2) is 63.9 Å². The van der Waals surface area contributed by atoms with Crippen molar-refractivity contribution >= 4 is 18.0 Å². The van der Waals surface area contributed by atoms with Crippen LogP contribution in [0.3, 0.4) is 0 Å². The van der Waals surface area contributed by atoms with Gasteiger partial charge in [-0.2, -0.15) is 0 Å². The lowest BCUT2D eigenvalue weighted by Crippen LogP contribution is -2.57. The first-order valence-corrected chi connectivity index (χ1v) is 8.92. The van der Waals surface area contributed by atoms with Crippen molar-refractivity contribution in [3.8, 4) is 0 Å². The molecule has 0 aromatic carbocycles. The van der Waals surface area contributed by atoms with Gasteiger partial charge in [0.25, 0.3) is 0 Å². The SMILES string of the molecule is CC(OC(C)(C)C)C(NC(=O)OC(C)(C)C)C(=O)N1CCCC1C(=O)O. The van der Waals surface area contributed by atoms with Crippen LogP contribution in [0.4, 0.5) is 4.79 Å². The number of rotatable bonds is 5. The van der Waals surface area contributed by atoms with Gasteiger partial charge in [0, 0.05) is 6.54 Å². The summed E-state index contributed by atoms with van der Waals surface area (Å²) in [5.41, 5.74) is -1.26. The molecule has 1 aliphatic heterocycles. The predicted molar refractivity (Wildman–Crippen MR) is 95.8 cm³/mol. The number of carbonyl (C=O) groups excluding carboxylic acids is 2. The van der Waals surface area contributed by atoms with Gasteiger partial charge in [-0.25, -0.2) is 9.59 Å². The van der Waals surface area contributed by atoms with Gasteiger partial charge < -0.3 is 24.8 Å². The van der Waals surface area contributed by atoms with E-state index in [2.05, 4.69) is 5.32 Å². The number of hydrogen-bond donors (Lipinski definition) is 2. The molecule has 1 fully saturated rings. The molecule has 1 aliphatic rings. The van der Waals surface area contributed by atoms with Gasteiger partial charge in [-0.15, -0.1) is 0 Å². The molecule has 26 heavy (non-hydrogen) atoms. The molecule has 2 N–H and O–H groups in total. The number of hydrogen-bond acceptors (Lipinski definition) is 5. The molecule has 150 valence electrons.